The highest BCUT2D eigenvalue weighted by atomic mass is 35.5. The number of hydrogen-bond acceptors (Lipinski definition) is 4. The molecule has 1 N–H and O–H groups in total. The van der Waals surface area contributed by atoms with Gasteiger partial charge in [-0.1, -0.05) is 72.3 Å². The number of nitrogens with zero attached hydrogens (tertiary/aromatic N) is 2. The van der Waals surface area contributed by atoms with E-state index in [0.29, 0.717) is 23.7 Å². The highest BCUT2D eigenvalue weighted by Gasteiger charge is 2.24. The highest BCUT2D eigenvalue weighted by Crippen LogP contribution is 2.34. The summed E-state index contributed by atoms with van der Waals surface area (Å²) in [4.78, 5) is 0.167. The van der Waals surface area contributed by atoms with Gasteiger partial charge in [0, 0.05) is 11.6 Å². The van der Waals surface area contributed by atoms with Gasteiger partial charge in [-0.15, -0.1) is 0 Å². The predicted octanol–water partition coefficient (Wildman–Crippen LogP) is 5.74. The monoisotopic (exact) mass is 481 g/mol. The summed E-state index contributed by atoms with van der Waals surface area (Å²) in [5, 5.41) is 5.17. The maximum Gasteiger partial charge on any atom is 0.263 e. The number of sulfonamides is 1. The lowest BCUT2D eigenvalue weighted by Crippen LogP contribution is -2.14. The first-order chi connectivity index (χ1) is 16.0. The van der Waals surface area contributed by atoms with E-state index < -0.39 is 10.0 Å². The standard InChI is InChI=1S/C25H24ClN3O3S/c1-2-29-23(18-32-17-19-9-5-3-6-10-19)24(20-13-15-21(26)16-14-20)25(27-29)28-33(30,31)22-11-7-4-8-12-22/h3-16H,2,17-18H2,1H3,(H,27,28). The SMILES string of the molecule is CCn1nc(NS(=O)(=O)c2ccccc2)c(-c2ccc(Cl)cc2)c1COCc1ccccc1. The number of aryl methyl sites for hydroxylation is 1. The van der Waals surface area contributed by atoms with Gasteiger partial charge in [-0.25, -0.2) is 8.42 Å². The minimum Gasteiger partial charge on any atom is -0.370 e. The van der Waals surface area contributed by atoms with Gasteiger partial charge in [0.25, 0.3) is 10.0 Å². The zero-order valence-electron chi connectivity index (χ0n) is 18.1. The third kappa shape index (κ3) is 5.45. The molecule has 1 aromatic heterocycles. The summed E-state index contributed by atoms with van der Waals surface area (Å²) in [6, 6.07) is 25.3. The first-order valence-electron chi connectivity index (χ1n) is 10.5. The molecule has 0 aliphatic rings. The molecule has 0 amide bonds. The molecular formula is C25H24ClN3O3S. The average Bonchev–Trinajstić information content (AvgIpc) is 3.17. The summed E-state index contributed by atoms with van der Waals surface area (Å²) in [5.74, 6) is 0.251. The van der Waals surface area contributed by atoms with Crippen molar-refractivity contribution in [2.75, 3.05) is 4.72 Å². The molecule has 4 rings (SSSR count). The van der Waals surface area contributed by atoms with Crippen LogP contribution >= 0.6 is 11.6 Å². The normalized spacial score (nSPS) is 11.5. The van der Waals surface area contributed by atoms with Crippen LogP contribution in [0.1, 0.15) is 18.2 Å². The van der Waals surface area contributed by atoms with Gasteiger partial charge < -0.3 is 4.74 Å². The number of ether oxygens (including phenoxy) is 1. The molecule has 0 saturated carbocycles. The van der Waals surface area contributed by atoms with Gasteiger partial charge in [0.05, 0.1) is 29.4 Å². The van der Waals surface area contributed by atoms with Gasteiger partial charge in [0.15, 0.2) is 5.82 Å². The molecule has 170 valence electrons. The van der Waals surface area contributed by atoms with Crippen LogP contribution in [-0.2, 0) is 34.5 Å². The average molecular weight is 482 g/mol. The Balaban J connectivity index is 1.72. The maximum absolute atomic E-state index is 13.0. The number of aromatic nitrogens is 2. The van der Waals surface area contributed by atoms with E-state index in [2.05, 4.69) is 9.82 Å². The van der Waals surface area contributed by atoms with Gasteiger partial charge in [-0.2, -0.15) is 5.10 Å². The van der Waals surface area contributed by atoms with Crippen molar-refractivity contribution in [2.24, 2.45) is 0 Å². The number of rotatable bonds is 9. The number of anilines is 1. The molecule has 33 heavy (non-hydrogen) atoms. The first-order valence-corrected chi connectivity index (χ1v) is 12.4. The van der Waals surface area contributed by atoms with Crippen LogP contribution in [0.5, 0.6) is 0 Å². The van der Waals surface area contributed by atoms with Crippen LogP contribution in [0, 0.1) is 0 Å². The highest BCUT2D eigenvalue weighted by molar-refractivity contribution is 7.92. The third-order valence-corrected chi connectivity index (χ3v) is 6.73. The third-order valence-electron chi connectivity index (χ3n) is 5.12. The first kappa shape index (κ1) is 23.0. The van der Waals surface area contributed by atoms with Crippen molar-refractivity contribution < 1.29 is 13.2 Å². The Hall–Kier alpha value is -3.13. The lowest BCUT2D eigenvalue weighted by molar-refractivity contribution is 0.102. The molecule has 4 aromatic rings. The molecule has 0 fully saturated rings. The molecular weight excluding hydrogens is 458 g/mol. The topological polar surface area (TPSA) is 73.2 Å². The van der Waals surface area contributed by atoms with E-state index in [1.54, 1.807) is 47.1 Å². The van der Waals surface area contributed by atoms with E-state index in [4.69, 9.17) is 16.3 Å². The molecule has 3 aromatic carbocycles. The number of halogens is 1. The summed E-state index contributed by atoms with van der Waals surface area (Å²) in [5.41, 5.74) is 3.30. The second-order valence-corrected chi connectivity index (χ2v) is 9.51. The van der Waals surface area contributed by atoms with E-state index in [0.717, 1.165) is 16.8 Å². The maximum atomic E-state index is 13.0. The Morgan fingerprint density at radius 1 is 0.909 bits per heavy atom. The molecule has 0 radical (unpaired) electrons. The Labute approximate surface area is 198 Å². The summed E-state index contributed by atoms with van der Waals surface area (Å²) < 4.78 is 36.5. The Morgan fingerprint density at radius 2 is 1.55 bits per heavy atom. The van der Waals surface area contributed by atoms with Crippen molar-refractivity contribution in [3.8, 4) is 11.1 Å². The molecule has 0 spiro atoms. The number of benzene rings is 3. The largest absolute Gasteiger partial charge is 0.370 e. The molecule has 6 nitrogen and oxygen atoms in total. The zero-order valence-corrected chi connectivity index (χ0v) is 19.7. The van der Waals surface area contributed by atoms with Crippen molar-refractivity contribution >= 4 is 27.4 Å². The lowest BCUT2D eigenvalue weighted by atomic mass is 10.1. The minimum atomic E-state index is -3.82. The fourth-order valence-corrected chi connectivity index (χ4v) is 4.68. The van der Waals surface area contributed by atoms with Crippen molar-refractivity contribution in [1.29, 1.82) is 0 Å². The van der Waals surface area contributed by atoms with E-state index in [1.807, 2.05) is 49.4 Å². The fourth-order valence-electron chi connectivity index (χ4n) is 3.52. The molecule has 0 aliphatic carbocycles. The molecule has 0 atom stereocenters. The smallest absolute Gasteiger partial charge is 0.263 e. The van der Waals surface area contributed by atoms with Gasteiger partial charge in [0.1, 0.15) is 0 Å². The van der Waals surface area contributed by atoms with Crippen LogP contribution in [0.4, 0.5) is 5.82 Å². The lowest BCUT2D eigenvalue weighted by Gasteiger charge is -2.11. The quantitative estimate of drug-likeness (QED) is 0.331. The summed E-state index contributed by atoms with van der Waals surface area (Å²) in [6.07, 6.45) is 0. The summed E-state index contributed by atoms with van der Waals surface area (Å²) in [7, 11) is -3.82. The second kappa shape index (κ2) is 10.2. The van der Waals surface area contributed by atoms with Crippen LogP contribution in [0.2, 0.25) is 5.02 Å². The van der Waals surface area contributed by atoms with Crippen LogP contribution in [-0.4, -0.2) is 18.2 Å². The molecule has 0 aliphatic heterocycles. The number of hydrogen-bond donors (Lipinski definition) is 1. The molecule has 1 heterocycles. The van der Waals surface area contributed by atoms with E-state index >= 15 is 0 Å². The predicted molar refractivity (Wildman–Crippen MR) is 131 cm³/mol. The summed E-state index contributed by atoms with van der Waals surface area (Å²) in [6.45, 7) is 3.20. The van der Waals surface area contributed by atoms with Gasteiger partial charge in [0.2, 0.25) is 0 Å². The van der Waals surface area contributed by atoms with E-state index in [-0.39, 0.29) is 17.3 Å². The number of nitrogens with one attached hydrogen (secondary N) is 1. The van der Waals surface area contributed by atoms with E-state index in [1.165, 1.54) is 0 Å². The van der Waals surface area contributed by atoms with Gasteiger partial charge >= 0.3 is 0 Å². The van der Waals surface area contributed by atoms with Gasteiger partial charge in [-0.3, -0.25) is 9.40 Å². The van der Waals surface area contributed by atoms with Crippen molar-refractivity contribution in [2.45, 2.75) is 31.6 Å². The molecule has 0 unspecified atom stereocenters. The molecule has 0 bridgehead atoms. The zero-order chi connectivity index (χ0) is 23.3. The fraction of sp³-hybridized carbons (Fsp3) is 0.160. The Morgan fingerprint density at radius 3 is 2.18 bits per heavy atom. The van der Waals surface area contributed by atoms with Crippen LogP contribution in [0.15, 0.2) is 89.8 Å². The van der Waals surface area contributed by atoms with E-state index in [9.17, 15) is 8.42 Å². The van der Waals surface area contributed by atoms with Crippen molar-refractivity contribution in [1.82, 2.24) is 9.78 Å². The van der Waals surface area contributed by atoms with Crippen LogP contribution in [0.3, 0.4) is 0 Å². The Bertz CT molecular complexity index is 1310. The minimum absolute atomic E-state index is 0.167. The second-order valence-electron chi connectivity index (χ2n) is 7.39. The summed E-state index contributed by atoms with van der Waals surface area (Å²) >= 11 is 6.09. The van der Waals surface area contributed by atoms with Gasteiger partial charge in [-0.05, 0) is 42.3 Å². The van der Waals surface area contributed by atoms with Crippen molar-refractivity contribution in [3.05, 3.63) is 101 Å². The molecule has 0 saturated heterocycles. The van der Waals surface area contributed by atoms with Crippen molar-refractivity contribution in [3.63, 3.8) is 0 Å². The van der Waals surface area contributed by atoms with Crippen LogP contribution in [0.25, 0.3) is 11.1 Å². The molecule has 8 heteroatoms. The van der Waals surface area contributed by atoms with Crippen LogP contribution < -0.4 is 4.72 Å². The Kier molecular flexibility index (Phi) is 7.13.